The van der Waals surface area contributed by atoms with Gasteiger partial charge in [-0.05, 0) is 20.3 Å². The van der Waals surface area contributed by atoms with Crippen LogP contribution in [-0.2, 0) is 4.74 Å². The van der Waals surface area contributed by atoms with E-state index < -0.39 is 0 Å². The predicted octanol–water partition coefficient (Wildman–Crippen LogP) is 5.86. The first-order valence-electron chi connectivity index (χ1n) is 9.46. The zero-order chi connectivity index (χ0) is 15.8. The molecule has 0 saturated heterocycles. The number of aliphatic hydroxyl groups is 1. The maximum Gasteiger partial charge on any atom is 0.0773 e. The lowest BCUT2D eigenvalue weighted by Crippen LogP contribution is -2.18. The molecule has 0 aromatic carbocycles. The lowest BCUT2D eigenvalue weighted by molar-refractivity contribution is 0.00178. The Labute approximate surface area is 133 Å². The smallest absolute Gasteiger partial charge is 0.0773 e. The molecule has 0 bridgehead atoms. The van der Waals surface area contributed by atoms with E-state index in [0.29, 0.717) is 6.61 Å². The molecule has 0 aliphatic rings. The van der Waals surface area contributed by atoms with Crippen LogP contribution in [0.1, 0.15) is 104 Å². The second kappa shape index (κ2) is 16.3. The van der Waals surface area contributed by atoms with Crippen LogP contribution in [0.25, 0.3) is 0 Å². The van der Waals surface area contributed by atoms with Gasteiger partial charge in [-0.25, -0.2) is 0 Å². The molecule has 0 spiro atoms. The van der Waals surface area contributed by atoms with Gasteiger partial charge in [0.25, 0.3) is 0 Å². The van der Waals surface area contributed by atoms with Crippen LogP contribution in [0, 0.1) is 0 Å². The second-order valence-electron chi connectivity index (χ2n) is 6.71. The summed E-state index contributed by atoms with van der Waals surface area (Å²) in [5.74, 6) is 0. The summed E-state index contributed by atoms with van der Waals surface area (Å²) in [7, 11) is 0. The van der Waals surface area contributed by atoms with Gasteiger partial charge in [0.2, 0.25) is 0 Å². The van der Waals surface area contributed by atoms with E-state index in [1.807, 2.05) is 13.8 Å². The quantitative estimate of drug-likeness (QED) is 0.362. The van der Waals surface area contributed by atoms with E-state index in [0.717, 1.165) is 12.8 Å². The van der Waals surface area contributed by atoms with E-state index in [-0.39, 0.29) is 12.2 Å². The Morgan fingerprint density at radius 2 is 1.14 bits per heavy atom. The van der Waals surface area contributed by atoms with Crippen LogP contribution in [0.4, 0.5) is 0 Å². The van der Waals surface area contributed by atoms with Gasteiger partial charge in [0.15, 0.2) is 0 Å². The number of hydrogen-bond acceptors (Lipinski definition) is 2. The highest BCUT2D eigenvalue weighted by atomic mass is 16.5. The minimum Gasteiger partial charge on any atom is -0.391 e. The van der Waals surface area contributed by atoms with E-state index in [1.165, 1.54) is 70.6 Å². The molecule has 0 rings (SSSR count). The number of rotatable bonds is 16. The normalized spacial score (nSPS) is 13.0. The average Bonchev–Trinajstić information content (AvgIpc) is 2.46. The van der Waals surface area contributed by atoms with Crippen LogP contribution in [0.15, 0.2) is 0 Å². The van der Waals surface area contributed by atoms with Crippen molar-refractivity contribution in [2.75, 3.05) is 6.61 Å². The lowest BCUT2D eigenvalue weighted by Gasteiger charge is -2.13. The molecule has 0 radical (unpaired) electrons. The summed E-state index contributed by atoms with van der Waals surface area (Å²) in [6.07, 6.45) is 17.2. The van der Waals surface area contributed by atoms with Crippen molar-refractivity contribution in [3.63, 3.8) is 0 Å². The zero-order valence-electron chi connectivity index (χ0n) is 14.9. The Morgan fingerprint density at radius 1 is 0.714 bits per heavy atom. The minimum absolute atomic E-state index is 0.224. The lowest BCUT2D eigenvalue weighted by atomic mass is 10.0. The maximum absolute atomic E-state index is 9.73. The van der Waals surface area contributed by atoms with Crippen LogP contribution >= 0.6 is 0 Å². The highest BCUT2D eigenvalue weighted by molar-refractivity contribution is 4.56. The van der Waals surface area contributed by atoms with E-state index in [1.54, 1.807) is 0 Å². The van der Waals surface area contributed by atoms with Gasteiger partial charge in [-0.2, -0.15) is 0 Å². The van der Waals surface area contributed by atoms with Crippen molar-refractivity contribution in [1.82, 2.24) is 0 Å². The van der Waals surface area contributed by atoms with Crippen molar-refractivity contribution >= 4 is 0 Å². The van der Waals surface area contributed by atoms with Gasteiger partial charge >= 0.3 is 0 Å². The first-order valence-corrected chi connectivity index (χ1v) is 9.46. The predicted molar refractivity (Wildman–Crippen MR) is 92.8 cm³/mol. The topological polar surface area (TPSA) is 29.5 Å². The molecule has 0 aromatic heterocycles. The molecule has 0 aromatic rings. The third kappa shape index (κ3) is 17.9. The highest BCUT2D eigenvalue weighted by Crippen LogP contribution is 2.13. The zero-order valence-corrected chi connectivity index (χ0v) is 14.9. The first kappa shape index (κ1) is 20.9. The van der Waals surface area contributed by atoms with Crippen LogP contribution < -0.4 is 0 Å². The van der Waals surface area contributed by atoms with Crippen LogP contribution in [0.2, 0.25) is 0 Å². The van der Waals surface area contributed by atoms with Gasteiger partial charge < -0.3 is 9.84 Å². The summed E-state index contributed by atoms with van der Waals surface area (Å²) < 4.78 is 5.41. The van der Waals surface area contributed by atoms with E-state index >= 15 is 0 Å². The standard InChI is InChI=1S/C19H40O2/c1-4-5-6-7-8-9-10-11-12-13-14-15-16-19(20)17-21-18(2)3/h18-20H,4-17H2,1-3H3. The van der Waals surface area contributed by atoms with Gasteiger partial charge in [0.1, 0.15) is 0 Å². The number of aliphatic hydroxyl groups excluding tert-OH is 1. The Morgan fingerprint density at radius 3 is 1.57 bits per heavy atom. The molecule has 1 atom stereocenters. The largest absolute Gasteiger partial charge is 0.391 e. The fourth-order valence-corrected chi connectivity index (χ4v) is 2.61. The fourth-order valence-electron chi connectivity index (χ4n) is 2.61. The summed E-state index contributed by atoms with van der Waals surface area (Å²) in [5, 5.41) is 9.73. The summed E-state index contributed by atoms with van der Waals surface area (Å²) in [6.45, 7) is 6.79. The van der Waals surface area contributed by atoms with Crippen molar-refractivity contribution in [2.24, 2.45) is 0 Å². The van der Waals surface area contributed by atoms with Crippen LogP contribution in [0.3, 0.4) is 0 Å². The number of ether oxygens (including phenoxy) is 1. The minimum atomic E-state index is -0.268. The Bertz CT molecular complexity index is 192. The van der Waals surface area contributed by atoms with E-state index in [9.17, 15) is 5.11 Å². The van der Waals surface area contributed by atoms with E-state index in [4.69, 9.17) is 4.74 Å². The molecule has 0 saturated carbocycles. The van der Waals surface area contributed by atoms with Gasteiger partial charge in [0.05, 0.1) is 18.8 Å². The molecule has 0 aliphatic heterocycles. The third-order valence-corrected chi connectivity index (χ3v) is 4.01. The highest BCUT2D eigenvalue weighted by Gasteiger charge is 2.05. The third-order valence-electron chi connectivity index (χ3n) is 4.01. The second-order valence-corrected chi connectivity index (χ2v) is 6.71. The van der Waals surface area contributed by atoms with Crippen molar-refractivity contribution < 1.29 is 9.84 Å². The Balaban J connectivity index is 3.08. The summed E-state index contributed by atoms with van der Waals surface area (Å²) in [4.78, 5) is 0. The summed E-state index contributed by atoms with van der Waals surface area (Å²) in [6, 6.07) is 0. The van der Waals surface area contributed by atoms with Gasteiger partial charge in [0, 0.05) is 0 Å². The van der Waals surface area contributed by atoms with Crippen molar-refractivity contribution in [1.29, 1.82) is 0 Å². The molecular weight excluding hydrogens is 260 g/mol. The Hall–Kier alpha value is -0.0800. The number of hydrogen-bond donors (Lipinski definition) is 1. The SMILES string of the molecule is CCCCCCCCCCCCCCC(O)COC(C)C. The maximum atomic E-state index is 9.73. The average molecular weight is 301 g/mol. The van der Waals surface area contributed by atoms with Gasteiger partial charge in [-0.15, -0.1) is 0 Å². The van der Waals surface area contributed by atoms with Crippen molar-refractivity contribution in [2.45, 2.75) is 116 Å². The molecule has 2 nitrogen and oxygen atoms in total. The molecule has 0 aliphatic carbocycles. The fraction of sp³-hybridized carbons (Fsp3) is 1.00. The monoisotopic (exact) mass is 300 g/mol. The molecule has 0 heterocycles. The Kier molecular flexibility index (Phi) is 16.2. The van der Waals surface area contributed by atoms with E-state index in [2.05, 4.69) is 6.92 Å². The van der Waals surface area contributed by atoms with Crippen LogP contribution in [-0.4, -0.2) is 23.9 Å². The summed E-state index contributed by atoms with van der Waals surface area (Å²) >= 11 is 0. The molecular formula is C19H40O2. The first-order chi connectivity index (χ1) is 10.2. The molecule has 1 N–H and O–H groups in total. The number of unbranched alkanes of at least 4 members (excludes halogenated alkanes) is 11. The van der Waals surface area contributed by atoms with Crippen molar-refractivity contribution in [3.8, 4) is 0 Å². The molecule has 0 amide bonds. The van der Waals surface area contributed by atoms with Crippen LogP contribution in [0.5, 0.6) is 0 Å². The molecule has 0 fully saturated rings. The summed E-state index contributed by atoms with van der Waals surface area (Å²) in [5.41, 5.74) is 0. The van der Waals surface area contributed by atoms with Gasteiger partial charge in [-0.1, -0.05) is 84.0 Å². The molecule has 2 heteroatoms. The van der Waals surface area contributed by atoms with Gasteiger partial charge in [-0.3, -0.25) is 0 Å². The molecule has 128 valence electrons. The molecule has 21 heavy (non-hydrogen) atoms. The molecule has 1 unspecified atom stereocenters. The van der Waals surface area contributed by atoms with Crippen molar-refractivity contribution in [3.05, 3.63) is 0 Å².